The minimum Gasteiger partial charge on any atom is -0.595 e. The largest absolute Gasteiger partial charge is 0.595 e. The molecule has 2 aromatic rings. The Hall–Kier alpha value is -0.950. The van der Waals surface area contributed by atoms with Gasteiger partial charge in [-0.2, -0.15) is 5.23 Å². The highest BCUT2D eigenvalue weighted by atomic mass is 35.5. The second-order valence-electron chi connectivity index (χ2n) is 3.49. The Bertz CT molecular complexity index is 598. The Balaban J connectivity index is 2.69. The van der Waals surface area contributed by atoms with Gasteiger partial charge in [0, 0.05) is 16.7 Å². The fourth-order valence-corrected chi connectivity index (χ4v) is 2.26. The van der Waals surface area contributed by atoms with Gasteiger partial charge in [-0.15, -0.1) is 0 Å². The van der Waals surface area contributed by atoms with E-state index < -0.39 is 5.23 Å². The molecule has 1 heterocycles. The molecule has 1 unspecified atom stereocenters. The van der Waals surface area contributed by atoms with Crippen LogP contribution in [0.2, 0.25) is 15.2 Å². The van der Waals surface area contributed by atoms with E-state index in [9.17, 15) is 10.3 Å². The molecule has 1 aromatic carbocycles. The highest BCUT2D eigenvalue weighted by molar-refractivity contribution is 6.36. The van der Waals surface area contributed by atoms with Crippen molar-refractivity contribution in [1.82, 2.24) is 4.98 Å². The number of nitrogens with one attached hydrogen (secondary N) is 2. The lowest BCUT2D eigenvalue weighted by atomic mass is 10.1. The van der Waals surface area contributed by atoms with Crippen LogP contribution >= 0.6 is 34.8 Å². The van der Waals surface area contributed by atoms with Crippen molar-refractivity contribution in [2.75, 3.05) is 0 Å². The Morgan fingerprint density at radius 3 is 2.44 bits per heavy atom. The topological polar surface area (TPSA) is 83.8 Å². The summed E-state index contributed by atoms with van der Waals surface area (Å²) in [6.45, 7) is 0. The monoisotopic (exact) mass is 308 g/mol. The van der Waals surface area contributed by atoms with Gasteiger partial charge in [-0.1, -0.05) is 34.8 Å². The highest BCUT2D eigenvalue weighted by Crippen LogP contribution is 2.40. The maximum Gasteiger partial charge on any atom is 0.191 e. The lowest BCUT2D eigenvalue weighted by Gasteiger charge is -2.13. The summed E-state index contributed by atoms with van der Waals surface area (Å²) in [5, 5.41) is 29.2. The van der Waals surface area contributed by atoms with Crippen molar-refractivity contribution in [2.24, 2.45) is 0 Å². The molecule has 0 saturated carbocycles. The highest BCUT2D eigenvalue weighted by Gasteiger charge is 2.20. The number of halogens is 3. The molecule has 2 rings (SSSR count). The third-order valence-electron chi connectivity index (χ3n) is 2.31. The number of rotatable bonds is 2. The molecule has 5 nitrogen and oxygen atoms in total. The predicted octanol–water partition coefficient (Wildman–Crippen LogP) is 2.75. The van der Waals surface area contributed by atoms with E-state index in [0.717, 1.165) is 0 Å². The Morgan fingerprint density at radius 2 is 1.83 bits per heavy atom. The van der Waals surface area contributed by atoms with E-state index in [-0.39, 0.29) is 37.9 Å². The zero-order valence-corrected chi connectivity index (χ0v) is 10.9. The van der Waals surface area contributed by atoms with Gasteiger partial charge in [0.25, 0.3) is 0 Å². The van der Waals surface area contributed by atoms with Crippen LogP contribution in [0.1, 0.15) is 0 Å². The van der Waals surface area contributed by atoms with E-state index >= 15 is 0 Å². The number of aromatic amines is 1. The Labute approximate surface area is 117 Å². The van der Waals surface area contributed by atoms with E-state index in [0.29, 0.717) is 0 Å². The summed E-state index contributed by atoms with van der Waals surface area (Å²) in [6, 6.07) is 4.00. The van der Waals surface area contributed by atoms with Gasteiger partial charge < -0.3 is 15.3 Å². The van der Waals surface area contributed by atoms with Crippen LogP contribution in [0.15, 0.2) is 18.2 Å². The molecule has 0 spiro atoms. The van der Waals surface area contributed by atoms with Gasteiger partial charge in [0.2, 0.25) is 0 Å². The number of benzene rings is 1. The first-order chi connectivity index (χ1) is 8.40. The van der Waals surface area contributed by atoms with Crippen LogP contribution in [0.4, 0.5) is 5.69 Å². The third kappa shape index (κ3) is 2.42. The number of hydrogen-bond donors (Lipinski definition) is 4. The molecule has 0 aliphatic carbocycles. The van der Waals surface area contributed by atoms with Crippen molar-refractivity contribution in [2.45, 2.75) is 0 Å². The van der Waals surface area contributed by atoms with Crippen LogP contribution in [-0.2, 0) is 0 Å². The van der Waals surface area contributed by atoms with Crippen LogP contribution in [0.5, 0.6) is 5.75 Å². The molecule has 1 aromatic heterocycles. The number of phenols is 1. The maximum absolute atomic E-state index is 11.1. The number of quaternary nitrogens is 1. The average Bonchev–Trinajstić information content (AvgIpc) is 2.65. The summed E-state index contributed by atoms with van der Waals surface area (Å²) in [7, 11) is 0. The van der Waals surface area contributed by atoms with Crippen LogP contribution in [0.3, 0.4) is 0 Å². The molecule has 0 bridgehead atoms. The lowest BCUT2D eigenvalue weighted by Crippen LogP contribution is -2.99. The van der Waals surface area contributed by atoms with Crippen molar-refractivity contribution in [3.8, 4) is 17.0 Å². The van der Waals surface area contributed by atoms with Gasteiger partial charge >= 0.3 is 0 Å². The van der Waals surface area contributed by atoms with Gasteiger partial charge in [0.1, 0.15) is 16.6 Å². The number of phenolic OH excluding ortho intramolecular Hbond substituents is 1. The molecule has 8 heteroatoms. The number of aromatic hydroxyl groups is 1. The second kappa shape index (κ2) is 4.97. The summed E-state index contributed by atoms with van der Waals surface area (Å²) in [4.78, 5) is 2.64. The van der Waals surface area contributed by atoms with E-state index in [1.54, 1.807) is 0 Å². The molecule has 96 valence electrons. The summed E-state index contributed by atoms with van der Waals surface area (Å²) in [6.07, 6.45) is 0. The standard InChI is InChI=1S/C10H7Cl3N2O3/c11-4-1-5(10(16)6(12)2-4)9-7(15(17)18)3-8(13)14-9/h1-3,14-17H. The fourth-order valence-electron chi connectivity index (χ4n) is 1.56. The minimum atomic E-state index is -1.18. The second-order valence-corrected chi connectivity index (χ2v) is 4.75. The smallest absolute Gasteiger partial charge is 0.191 e. The minimum absolute atomic E-state index is 0.0274. The van der Waals surface area contributed by atoms with Gasteiger partial charge in [-0.05, 0) is 12.1 Å². The molecular formula is C10H7Cl3N2O3. The molecule has 0 saturated heterocycles. The molecule has 0 fully saturated rings. The molecule has 1 atom stereocenters. The van der Waals surface area contributed by atoms with Crippen molar-refractivity contribution < 1.29 is 15.5 Å². The maximum atomic E-state index is 11.1. The van der Waals surface area contributed by atoms with Gasteiger partial charge in [0.05, 0.1) is 5.02 Å². The van der Waals surface area contributed by atoms with Crippen molar-refractivity contribution in [1.29, 1.82) is 0 Å². The third-order valence-corrected chi connectivity index (χ3v) is 3.02. The van der Waals surface area contributed by atoms with Gasteiger partial charge in [-0.3, -0.25) is 0 Å². The van der Waals surface area contributed by atoms with Crippen LogP contribution in [0.25, 0.3) is 11.3 Å². The predicted molar refractivity (Wildman–Crippen MR) is 68.7 cm³/mol. The molecule has 0 amide bonds. The first kappa shape index (κ1) is 13.5. The first-order valence-corrected chi connectivity index (χ1v) is 5.83. The summed E-state index contributed by atoms with van der Waals surface area (Å²) in [5.41, 5.74) is 0.250. The number of H-pyrrole nitrogens is 1. The number of hydrogen-bond acceptors (Lipinski definition) is 3. The summed E-state index contributed by atoms with van der Waals surface area (Å²) < 4.78 is 0. The Kier molecular flexibility index (Phi) is 3.72. The number of aromatic nitrogens is 1. The van der Waals surface area contributed by atoms with Crippen molar-refractivity contribution in [3.63, 3.8) is 0 Å². The van der Waals surface area contributed by atoms with Gasteiger partial charge in [0.15, 0.2) is 5.69 Å². The molecule has 0 aliphatic heterocycles. The van der Waals surface area contributed by atoms with Crippen molar-refractivity contribution in [3.05, 3.63) is 38.6 Å². The lowest BCUT2D eigenvalue weighted by molar-refractivity contribution is -0.991. The molecular weight excluding hydrogens is 302 g/mol. The van der Waals surface area contributed by atoms with E-state index in [2.05, 4.69) is 4.98 Å². The van der Waals surface area contributed by atoms with Crippen LogP contribution in [-0.4, -0.2) is 15.3 Å². The van der Waals surface area contributed by atoms with Gasteiger partial charge in [-0.25, -0.2) is 5.21 Å². The zero-order chi connectivity index (χ0) is 13.4. The SMILES string of the molecule is [O-][NH+](O)c1cc(Cl)[nH]c1-c1cc(Cl)cc(Cl)c1O. The summed E-state index contributed by atoms with van der Waals surface area (Å²) in [5.74, 6) is -0.262. The quantitative estimate of drug-likeness (QED) is 0.644. The van der Waals surface area contributed by atoms with Crippen LogP contribution < -0.4 is 5.23 Å². The average molecular weight is 310 g/mol. The normalized spacial score (nSPS) is 12.7. The molecule has 0 aliphatic rings. The van der Waals surface area contributed by atoms with E-state index in [4.69, 9.17) is 40.0 Å². The summed E-state index contributed by atoms with van der Waals surface area (Å²) >= 11 is 17.3. The fraction of sp³-hybridized carbons (Fsp3) is 0. The molecule has 0 radical (unpaired) electrons. The zero-order valence-electron chi connectivity index (χ0n) is 8.67. The van der Waals surface area contributed by atoms with E-state index in [1.165, 1.54) is 18.2 Å². The van der Waals surface area contributed by atoms with Crippen molar-refractivity contribution >= 4 is 40.5 Å². The molecule has 4 N–H and O–H groups in total. The molecule has 18 heavy (non-hydrogen) atoms. The first-order valence-electron chi connectivity index (χ1n) is 4.70. The van der Waals surface area contributed by atoms with Crippen LogP contribution in [0, 0.1) is 5.21 Å². The van der Waals surface area contributed by atoms with E-state index in [1.807, 2.05) is 0 Å². The Morgan fingerprint density at radius 1 is 1.17 bits per heavy atom.